The van der Waals surface area contributed by atoms with Crippen molar-refractivity contribution in [2.75, 3.05) is 19.0 Å². The molecular formula is C20H21N3O4. The van der Waals surface area contributed by atoms with E-state index in [0.717, 1.165) is 17.1 Å². The molecule has 3 aromatic rings. The molecule has 1 heterocycles. The highest BCUT2D eigenvalue weighted by Gasteiger charge is 2.16. The van der Waals surface area contributed by atoms with Crippen LogP contribution in [0, 0.1) is 5.92 Å². The number of benzene rings is 2. The smallest absolute Gasteiger partial charge is 0.256 e. The van der Waals surface area contributed by atoms with Gasteiger partial charge in [0.25, 0.3) is 5.91 Å². The summed E-state index contributed by atoms with van der Waals surface area (Å²) in [7, 11) is 1.59. The van der Waals surface area contributed by atoms with Gasteiger partial charge < -0.3 is 14.8 Å². The quantitative estimate of drug-likeness (QED) is 0.678. The highest BCUT2D eigenvalue weighted by atomic mass is 16.6. The minimum Gasteiger partial charge on any atom is -0.497 e. The molecule has 3 rings (SSSR count). The summed E-state index contributed by atoms with van der Waals surface area (Å²) in [6.45, 7) is 4.78. The van der Waals surface area contributed by atoms with Crippen LogP contribution in [0.25, 0.3) is 11.3 Å². The van der Waals surface area contributed by atoms with Crippen LogP contribution < -0.4 is 14.8 Å². The Bertz CT molecular complexity index is 886. The van der Waals surface area contributed by atoms with E-state index in [9.17, 15) is 4.79 Å². The summed E-state index contributed by atoms with van der Waals surface area (Å²) >= 11 is 0. The second kappa shape index (κ2) is 8.35. The monoisotopic (exact) mass is 367 g/mol. The first-order valence-electron chi connectivity index (χ1n) is 8.58. The minimum absolute atomic E-state index is 0.255. The van der Waals surface area contributed by atoms with Gasteiger partial charge in [0, 0.05) is 11.1 Å². The van der Waals surface area contributed by atoms with Crippen molar-refractivity contribution in [1.29, 1.82) is 0 Å². The van der Waals surface area contributed by atoms with Gasteiger partial charge in [0.2, 0.25) is 5.82 Å². The summed E-state index contributed by atoms with van der Waals surface area (Å²) in [6, 6.07) is 14.2. The molecule has 140 valence electrons. The van der Waals surface area contributed by atoms with Crippen molar-refractivity contribution < 1.29 is 18.9 Å². The Balaban J connectivity index is 1.70. The number of nitrogens with zero attached hydrogens (tertiary/aromatic N) is 2. The highest BCUT2D eigenvalue weighted by molar-refractivity contribution is 6.05. The molecule has 0 atom stereocenters. The van der Waals surface area contributed by atoms with E-state index < -0.39 is 0 Å². The Hall–Kier alpha value is -3.35. The predicted octanol–water partition coefficient (Wildman–Crippen LogP) is 4.03. The third-order valence-electron chi connectivity index (χ3n) is 3.78. The summed E-state index contributed by atoms with van der Waals surface area (Å²) < 4.78 is 15.6. The fourth-order valence-corrected chi connectivity index (χ4v) is 2.35. The van der Waals surface area contributed by atoms with Gasteiger partial charge in [-0.15, -0.1) is 0 Å². The van der Waals surface area contributed by atoms with E-state index >= 15 is 0 Å². The number of hydrogen-bond donors (Lipinski definition) is 1. The Labute approximate surface area is 157 Å². The first-order valence-corrected chi connectivity index (χ1v) is 8.58. The summed E-state index contributed by atoms with van der Waals surface area (Å²) in [4.78, 5) is 12.5. The van der Waals surface area contributed by atoms with Crippen LogP contribution in [0.3, 0.4) is 0 Å². The van der Waals surface area contributed by atoms with Crippen LogP contribution in [0.2, 0.25) is 0 Å². The predicted molar refractivity (Wildman–Crippen MR) is 101 cm³/mol. The average Bonchev–Trinajstić information content (AvgIpc) is 3.15. The molecule has 7 nitrogen and oxygen atoms in total. The van der Waals surface area contributed by atoms with E-state index in [2.05, 4.69) is 29.5 Å². The zero-order valence-corrected chi connectivity index (χ0v) is 15.4. The van der Waals surface area contributed by atoms with Crippen molar-refractivity contribution >= 4 is 11.7 Å². The number of anilines is 1. The molecule has 0 spiro atoms. The molecule has 0 radical (unpaired) electrons. The van der Waals surface area contributed by atoms with E-state index in [0.29, 0.717) is 23.8 Å². The molecule has 0 saturated heterocycles. The second-order valence-electron chi connectivity index (χ2n) is 6.37. The molecule has 1 N–H and O–H groups in total. The van der Waals surface area contributed by atoms with Gasteiger partial charge in [-0.3, -0.25) is 4.79 Å². The van der Waals surface area contributed by atoms with Gasteiger partial charge in [0.15, 0.2) is 5.69 Å². The lowest BCUT2D eigenvalue weighted by Crippen LogP contribution is -2.13. The molecule has 0 unspecified atom stereocenters. The molecule has 7 heteroatoms. The van der Waals surface area contributed by atoms with E-state index in [1.165, 1.54) is 0 Å². The van der Waals surface area contributed by atoms with Gasteiger partial charge in [-0.25, -0.2) is 4.63 Å². The Morgan fingerprint density at radius 3 is 2.33 bits per heavy atom. The normalized spacial score (nSPS) is 10.7. The molecule has 0 aliphatic rings. The minimum atomic E-state index is -0.309. The van der Waals surface area contributed by atoms with Crippen molar-refractivity contribution in [3.05, 3.63) is 54.1 Å². The van der Waals surface area contributed by atoms with E-state index in [1.807, 2.05) is 12.1 Å². The van der Waals surface area contributed by atoms with Gasteiger partial charge in [0.1, 0.15) is 11.5 Å². The van der Waals surface area contributed by atoms with Crippen LogP contribution in [0.4, 0.5) is 5.82 Å². The number of aromatic nitrogens is 2. The Morgan fingerprint density at radius 2 is 1.70 bits per heavy atom. The number of rotatable bonds is 7. The number of ether oxygens (including phenoxy) is 2. The van der Waals surface area contributed by atoms with E-state index in [1.54, 1.807) is 43.5 Å². The SMILES string of the molecule is COc1ccc(-c2nonc2NC(=O)c2ccc(OCC(C)C)cc2)cc1. The lowest BCUT2D eigenvalue weighted by atomic mass is 10.1. The van der Waals surface area contributed by atoms with Crippen molar-refractivity contribution in [3.8, 4) is 22.8 Å². The molecule has 1 aromatic heterocycles. The summed E-state index contributed by atoms with van der Waals surface area (Å²) in [6.07, 6.45) is 0. The second-order valence-corrected chi connectivity index (χ2v) is 6.37. The summed E-state index contributed by atoms with van der Waals surface area (Å²) in [5, 5.41) is 10.4. The fourth-order valence-electron chi connectivity index (χ4n) is 2.35. The lowest BCUT2D eigenvalue weighted by molar-refractivity contribution is 0.102. The summed E-state index contributed by atoms with van der Waals surface area (Å²) in [5.74, 6) is 1.83. The van der Waals surface area contributed by atoms with Crippen LogP contribution in [0.5, 0.6) is 11.5 Å². The van der Waals surface area contributed by atoms with Gasteiger partial charge in [-0.2, -0.15) is 0 Å². The van der Waals surface area contributed by atoms with E-state index in [-0.39, 0.29) is 11.7 Å². The molecule has 0 saturated carbocycles. The Kier molecular flexibility index (Phi) is 5.71. The highest BCUT2D eigenvalue weighted by Crippen LogP contribution is 2.26. The standard InChI is InChI=1S/C20H21N3O4/c1-13(2)12-26-17-10-6-15(7-11-17)20(24)21-19-18(22-27-23-19)14-4-8-16(25-3)9-5-14/h4-11,13H,12H2,1-3H3,(H,21,23,24). The first kappa shape index (κ1) is 18.4. The van der Waals surface area contributed by atoms with Gasteiger partial charge in [-0.1, -0.05) is 13.8 Å². The zero-order chi connectivity index (χ0) is 19.2. The van der Waals surface area contributed by atoms with Crippen molar-refractivity contribution in [2.24, 2.45) is 5.92 Å². The van der Waals surface area contributed by atoms with Crippen LogP contribution in [-0.4, -0.2) is 29.9 Å². The Morgan fingerprint density at radius 1 is 1.04 bits per heavy atom. The molecule has 0 aliphatic carbocycles. The molecule has 2 aromatic carbocycles. The van der Waals surface area contributed by atoms with Crippen LogP contribution in [0.15, 0.2) is 53.2 Å². The molecule has 1 amide bonds. The van der Waals surface area contributed by atoms with E-state index in [4.69, 9.17) is 14.1 Å². The fraction of sp³-hybridized carbons (Fsp3) is 0.250. The van der Waals surface area contributed by atoms with Gasteiger partial charge in [-0.05, 0) is 64.8 Å². The van der Waals surface area contributed by atoms with Gasteiger partial charge >= 0.3 is 0 Å². The number of hydrogen-bond acceptors (Lipinski definition) is 6. The topological polar surface area (TPSA) is 86.5 Å². The van der Waals surface area contributed by atoms with Gasteiger partial charge in [0.05, 0.1) is 13.7 Å². The third kappa shape index (κ3) is 4.63. The maximum absolute atomic E-state index is 12.5. The maximum atomic E-state index is 12.5. The molecule has 0 bridgehead atoms. The molecule has 0 fully saturated rings. The van der Waals surface area contributed by atoms with Crippen molar-refractivity contribution in [2.45, 2.75) is 13.8 Å². The van der Waals surface area contributed by atoms with Crippen molar-refractivity contribution in [3.63, 3.8) is 0 Å². The molecule has 27 heavy (non-hydrogen) atoms. The molecular weight excluding hydrogens is 346 g/mol. The maximum Gasteiger partial charge on any atom is 0.256 e. The summed E-state index contributed by atoms with van der Waals surface area (Å²) in [5.41, 5.74) is 1.68. The van der Waals surface area contributed by atoms with Crippen LogP contribution in [0.1, 0.15) is 24.2 Å². The number of amides is 1. The molecule has 0 aliphatic heterocycles. The van der Waals surface area contributed by atoms with Crippen molar-refractivity contribution in [1.82, 2.24) is 10.3 Å². The lowest BCUT2D eigenvalue weighted by Gasteiger charge is -2.09. The largest absolute Gasteiger partial charge is 0.497 e. The zero-order valence-electron chi connectivity index (χ0n) is 15.4. The first-order chi connectivity index (χ1) is 13.1. The third-order valence-corrected chi connectivity index (χ3v) is 3.78. The number of carbonyl (C=O) groups is 1. The number of methoxy groups -OCH3 is 1. The number of nitrogens with one attached hydrogen (secondary N) is 1. The number of carbonyl (C=O) groups excluding carboxylic acids is 1. The van der Waals surface area contributed by atoms with Crippen LogP contribution >= 0.6 is 0 Å². The average molecular weight is 367 g/mol. The van der Waals surface area contributed by atoms with Crippen LogP contribution in [-0.2, 0) is 0 Å².